The van der Waals surface area contributed by atoms with Crippen LogP contribution in [0.2, 0.25) is 0 Å². The molecule has 1 aliphatic heterocycles. The van der Waals surface area contributed by atoms with Gasteiger partial charge in [-0.05, 0) is 24.1 Å². The maximum Gasteiger partial charge on any atom is 0.418 e. The lowest BCUT2D eigenvalue weighted by molar-refractivity contribution is -0.142. The van der Waals surface area contributed by atoms with E-state index >= 15 is 0 Å². The van der Waals surface area contributed by atoms with Crippen LogP contribution in [0.4, 0.5) is 18.9 Å². The summed E-state index contributed by atoms with van der Waals surface area (Å²) in [4.78, 5) is 12.6. The topological polar surface area (TPSA) is 40.5 Å². The molecule has 7 heteroatoms. The van der Waals surface area contributed by atoms with Crippen molar-refractivity contribution in [1.82, 2.24) is 0 Å². The number of hydrogen-bond acceptors (Lipinski definition) is 2. The van der Waals surface area contributed by atoms with E-state index in [2.05, 4.69) is 15.9 Å². The highest BCUT2D eigenvalue weighted by Crippen LogP contribution is 2.40. The highest BCUT2D eigenvalue weighted by Gasteiger charge is 2.40. The first-order valence-corrected chi connectivity index (χ1v) is 6.84. The molecule has 2 atom stereocenters. The molecule has 2 unspecified atom stereocenters. The molecule has 1 aromatic carbocycles. The maximum atomic E-state index is 13.1. The normalized spacial score (nSPS) is 23.1. The van der Waals surface area contributed by atoms with Gasteiger partial charge in [0.25, 0.3) is 0 Å². The number of carbonyl (C=O) groups is 1. The standard InChI is InChI=1S/C13H13BrF3NO2/c1-7-5-18(6-9(7)12(19)20)11-3-2-8(14)4-10(11)13(15,16)17/h2-4,7,9H,5-6H2,1H3,(H,19,20). The van der Waals surface area contributed by atoms with E-state index in [1.54, 1.807) is 6.92 Å². The molecule has 110 valence electrons. The molecular formula is C13H13BrF3NO2. The largest absolute Gasteiger partial charge is 0.481 e. The first-order valence-electron chi connectivity index (χ1n) is 6.04. The second-order valence-corrected chi connectivity index (χ2v) is 5.90. The molecule has 0 aromatic heterocycles. The minimum Gasteiger partial charge on any atom is -0.481 e. The minimum atomic E-state index is -4.47. The Morgan fingerprint density at radius 1 is 1.40 bits per heavy atom. The lowest BCUT2D eigenvalue weighted by atomic mass is 9.99. The molecule has 1 saturated heterocycles. The fourth-order valence-corrected chi connectivity index (χ4v) is 2.86. The first kappa shape index (κ1) is 15.2. The predicted octanol–water partition coefficient (Wildman–Crippen LogP) is 3.62. The van der Waals surface area contributed by atoms with Gasteiger partial charge in [0.15, 0.2) is 0 Å². The summed E-state index contributed by atoms with van der Waals surface area (Å²) in [6.45, 7) is 2.15. The minimum absolute atomic E-state index is 0.0382. The lowest BCUT2D eigenvalue weighted by Gasteiger charge is -2.23. The van der Waals surface area contributed by atoms with Crippen LogP contribution in [0.3, 0.4) is 0 Å². The van der Waals surface area contributed by atoms with Gasteiger partial charge in [0.05, 0.1) is 11.5 Å². The summed E-state index contributed by atoms with van der Waals surface area (Å²) in [5, 5.41) is 9.07. The van der Waals surface area contributed by atoms with Crippen LogP contribution < -0.4 is 4.90 Å². The van der Waals surface area contributed by atoms with E-state index in [-0.39, 0.29) is 18.2 Å². The smallest absolute Gasteiger partial charge is 0.418 e. The van der Waals surface area contributed by atoms with Crippen molar-refractivity contribution in [3.63, 3.8) is 0 Å². The van der Waals surface area contributed by atoms with Crippen molar-refractivity contribution in [1.29, 1.82) is 0 Å². The summed E-state index contributed by atoms with van der Waals surface area (Å²) < 4.78 is 39.6. The molecule has 0 saturated carbocycles. The zero-order valence-corrected chi connectivity index (χ0v) is 12.2. The SMILES string of the molecule is CC1CN(c2ccc(Br)cc2C(F)(F)F)CC1C(=O)O. The molecule has 0 spiro atoms. The third kappa shape index (κ3) is 2.92. The number of benzene rings is 1. The molecule has 1 aromatic rings. The molecule has 1 heterocycles. The van der Waals surface area contributed by atoms with Crippen molar-refractivity contribution in [2.75, 3.05) is 18.0 Å². The molecule has 0 bridgehead atoms. The molecule has 3 nitrogen and oxygen atoms in total. The Morgan fingerprint density at radius 2 is 2.05 bits per heavy atom. The summed E-state index contributed by atoms with van der Waals surface area (Å²) in [5.74, 6) is -1.79. The van der Waals surface area contributed by atoms with Gasteiger partial charge in [-0.25, -0.2) is 0 Å². The Hall–Kier alpha value is -1.24. The summed E-state index contributed by atoms with van der Waals surface area (Å²) in [6, 6.07) is 3.93. The van der Waals surface area contributed by atoms with Crippen LogP contribution in [0.5, 0.6) is 0 Å². The van der Waals surface area contributed by atoms with Crippen LogP contribution >= 0.6 is 15.9 Å². The number of rotatable bonds is 2. The van der Waals surface area contributed by atoms with Gasteiger partial charge in [0.2, 0.25) is 0 Å². The highest BCUT2D eigenvalue weighted by atomic mass is 79.9. The van der Waals surface area contributed by atoms with Crippen LogP contribution in [0, 0.1) is 11.8 Å². The zero-order chi connectivity index (χ0) is 15.1. The van der Waals surface area contributed by atoms with Crippen LogP contribution in [-0.2, 0) is 11.0 Å². The first-order chi connectivity index (χ1) is 9.20. The monoisotopic (exact) mass is 351 g/mol. The van der Waals surface area contributed by atoms with Gasteiger partial charge in [-0.15, -0.1) is 0 Å². The molecule has 1 aliphatic rings. The Balaban J connectivity index is 2.37. The van der Waals surface area contributed by atoms with E-state index in [0.29, 0.717) is 11.0 Å². The second kappa shape index (κ2) is 5.27. The highest BCUT2D eigenvalue weighted by molar-refractivity contribution is 9.10. The number of alkyl halides is 3. The van der Waals surface area contributed by atoms with Gasteiger partial charge in [0.1, 0.15) is 0 Å². The Kier molecular flexibility index (Phi) is 4.00. The van der Waals surface area contributed by atoms with E-state index < -0.39 is 23.6 Å². The molecule has 0 aliphatic carbocycles. The third-order valence-electron chi connectivity index (χ3n) is 3.53. The number of halogens is 4. The van der Waals surface area contributed by atoms with Gasteiger partial charge in [-0.2, -0.15) is 13.2 Å². The van der Waals surface area contributed by atoms with E-state index in [1.165, 1.54) is 17.0 Å². The second-order valence-electron chi connectivity index (χ2n) is 4.99. The molecule has 1 fully saturated rings. The van der Waals surface area contributed by atoms with E-state index in [4.69, 9.17) is 5.11 Å². The summed E-state index contributed by atoms with van der Waals surface area (Å²) in [5.41, 5.74) is -0.707. The quantitative estimate of drug-likeness (QED) is 0.884. The number of anilines is 1. The Morgan fingerprint density at radius 3 is 2.55 bits per heavy atom. The van der Waals surface area contributed by atoms with Crippen molar-refractivity contribution in [3.8, 4) is 0 Å². The molecular weight excluding hydrogens is 339 g/mol. The van der Waals surface area contributed by atoms with Gasteiger partial charge in [0, 0.05) is 23.2 Å². The van der Waals surface area contributed by atoms with Crippen molar-refractivity contribution in [2.24, 2.45) is 11.8 Å². The van der Waals surface area contributed by atoms with Crippen LogP contribution in [-0.4, -0.2) is 24.2 Å². The summed E-state index contributed by atoms with van der Waals surface area (Å²) in [6.07, 6.45) is -4.47. The summed E-state index contributed by atoms with van der Waals surface area (Å²) in [7, 11) is 0. The van der Waals surface area contributed by atoms with E-state index in [0.717, 1.165) is 6.07 Å². The van der Waals surface area contributed by atoms with Gasteiger partial charge in [-0.1, -0.05) is 22.9 Å². The average Bonchev–Trinajstić information content (AvgIpc) is 2.70. The van der Waals surface area contributed by atoms with Crippen LogP contribution in [0.1, 0.15) is 12.5 Å². The zero-order valence-electron chi connectivity index (χ0n) is 10.6. The number of hydrogen-bond donors (Lipinski definition) is 1. The van der Waals surface area contributed by atoms with Gasteiger partial charge >= 0.3 is 12.1 Å². The number of carboxylic acid groups (broad SMARTS) is 1. The molecule has 1 N–H and O–H groups in total. The van der Waals surface area contributed by atoms with E-state index in [9.17, 15) is 18.0 Å². The van der Waals surface area contributed by atoms with Crippen molar-refractivity contribution < 1.29 is 23.1 Å². The predicted molar refractivity (Wildman–Crippen MR) is 71.6 cm³/mol. The van der Waals surface area contributed by atoms with Gasteiger partial charge < -0.3 is 10.0 Å². The lowest BCUT2D eigenvalue weighted by Crippen LogP contribution is -2.25. The Labute approximate surface area is 122 Å². The summed E-state index contributed by atoms with van der Waals surface area (Å²) >= 11 is 3.03. The Bertz CT molecular complexity index is 533. The van der Waals surface area contributed by atoms with Crippen molar-refractivity contribution in [2.45, 2.75) is 13.1 Å². The maximum absolute atomic E-state index is 13.1. The van der Waals surface area contributed by atoms with Crippen molar-refractivity contribution in [3.05, 3.63) is 28.2 Å². The van der Waals surface area contributed by atoms with Crippen molar-refractivity contribution >= 4 is 27.6 Å². The van der Waals surface area contributed by atoms with Crippen LogP contribution in [0.25, 0.3) is 0 Å². The van der Waals surface area contributed by atoms with Gasteiger partial charge in [-0.3, -0.25) is 4.79 Å². The third-order valence-corrected chi connectivity index (χ3v) is 4.03. The number of aliphatic carboxylic acids is 1. The fraction of sp³-hybridized carbons (Fsp3) is 0.462. The number of carboxylic acids is 1. The number of nitrogens with zero attached hydrogens (tertiary/aromatic N) is 1. The fourth-order valence-electron chi connectivity index (χ4n) is 2.50. The molecule has 0 amide bonds. The molecule has 0 radical (unpaired) electrons. The molecule has 20 heavy (non-hydrogen) atoms. The van der Waals surface area contributed by atoms with Crippen LogP contribution in [0.15, 0.2) is 22.7 Å². The average molecular weight is 352 g/mol. The van der Waals surface area contributed by atoms with E-state index in [1.807, 2.05) is 0 Å². The molecule has 2 rings (SSSR count).